The Hall–Kier alpha value is -1.30. The molecule has 0 bridgehead atoms. The van der Waals surface area contributed by atoms with Crippen LogP contribution in [0.25, 0.3) is 0 Å². The molecular weight excluding hydrogens is 184 g/mol. The van der Waals surface area contributed by atoms with Crippen LogP contribution in [-0.2, 0) is 4.79 Å². The van der Waals surface area contributed by atoms with E-state index in [1.54, 1.807) is 0 Å². The SMILES string of the molecule is CCCNC(=O)CNCCC(N)=NO. The smallest absolute Gasteiger partial charge is 0.233 e. The maximum absolute atomic E-state index is 11.0. The number of hydrogen-bond acceptors (Lipinski definition) is 4. The lowest BCUT2D eigenvalue weighted by molar-refractivity contribution is -0.120. The molecule has 14 heavy (non-hydrogen) atoms. The van der Waals surface area contributed by atoms with Gasteiger partial charge in [0.2, 0.25) is 5.91 Å². The number of rotatable bonds is 7. The van der Waals surface area contributed by atoms with Crippen molar-refractivity contribution in [3.8, 4) is 0 Å². The molecule has 0 fully saturated rings. The van der Waals surface area contributed by atoms with Gasteiger partial charge >= 0.3 is 0 Å². The molecule has 6 nitrogen and oxygen atoms in total. The zero-order valence-electron chi connectivity index (χ0n) is 8.42. The summed E-state index contributed by atoms with van der Waals surface area (Å²) in [6, 6.07) is 0. The summed E-state index contributed by atoms with van der Waals surface area (Å²) in [6.45, 7) is 3.47. The minimum absolute atomic E-state index is 0.0358. The van der Waals surface area contributed by atoms with Gasteiger partial charge < -0.3 is 21.6 Å². The van der Waals surface area contributed by atoms with E-state index >= 15 is 0 Å². The Bertz CT molecular complexity index is 194. The van der Waals surface area contributed by atoms with Crippen LogP contribution in [0.3, 0.4) is 0 Å². The minimum atomic E-state index is -0.0358. The third-order valence-corrected chi connectivity index (χ3v) is 1.54. The number of hydrogen-bond donors (Lipinski definition) is 4. The van der Waals surface area contributed by atoms with Crippen molar-refractivity contribution >= 4 is 11.7 Å². The van der Waals surface area contributed by atoms with Crippen LogP contribution < -0.4 is 16.4 Å². The summed E-state index contributed by atoms with van der Waals surface area (Å²) in [7, 11) is 0. The molecule has 0 rings (SSSR count). The number of nitrogens with one attached hydrogen (secondary N) is 2. The highest BCUT2D eigenvalue weighted by molar-refractivity contribution is 5.80. The maximum Gasteiger partial charge on any atom is 0.233 e. The molecule has 0 saturated heterocycles. The molecule has 82 valence electrons. The van der Waals surface area contributed by atoms with Crippen molar-refractivity contribution in [2.75, 3.05) is 19.6 Å². The zero-order valence-corrected chi connectivity index (χ0v) is 8.42. The van der Waals surface area contributed by atoms with E-state index in [1.807, 2.05) is 6.92 Å². The van der Waals surface area contributed by atoms with E-state index in [1.165, 1.54) is 0 Å². The van der Waals surface area contributed by atoms with E-state index in [-0.39, 0.29) is 18.3 Å². The second-order valence-corrected chi connectivity index (χ2v) is 2.87. The first kappa shape index (κ1) is 12.7. The van der Waals surface area contributed by atoms with E-state index < -0.39 is 0 Å². The molecule has 0 saturated carbocycles. The summed E-state index contributed by atoms with van der Waals surface area (Å²) in [5, 5.41) is 16.6. The summed E-state index contributed by atoms with van der Waals surface area (Å²) in [5.41, 5.74) is 5.23. The van der Waals surface area contributed by atoms with Crippen molar-refractivity contribution < 1.29 is 10.0 Å². The fourth-order valence-corrected chi connectivity index (χ4v) is 0.795. The van der Waals surface area contributed by atoms with Crippen molar-refractivity contribution in [2.45, 2.75) is 19.8 Å². The van der Waals surface area contributed by atoms with Crippen molar-refractivity contribution in [1.29, 1.82) is 0 Å². The molecular formula is C8H18N4O2. The molecule has 0 unspecified atom stereocenters. The highest BCUT2D eigenvalue weighted by Gasteiger charge is 1.98. The third-order valence-electron chi connectivity index (χ3n) is 1.54. The largest absolute Gasteiger partial charge is 0.409 e. The van der Waals surface area contributed by atoms with Gasteiger partial charge in [0, 0.05) is 19.5 Å². The van der Waals surface area contributed by atoms with Gasteiger partial charge in [-0.1, -0.05) is 12.1 Å². The van der Waals surface area contributed by atoms with Crippen molar-refractivity contribution in [2.24, 2.45) is 10.9 Å². The zero-order chi connectivity index (χ0) is 10.8. The molecule has 0 heterocycles. The molecule has 0 aliphatic heterocycles. The summed E-state index contributed by atoms with van der Waals surface area (Å²) in [4.78, 5) is 11.0. The lowest BCUT2D eigenvalue weighted by atomic mass is 10.4. The normalized spacial score (nSPS) is 11.4. The molecule has 6 heteroatoms. The Morgan fingerprint density at radius 3 is 2.79 bits per heavy atom. The van der Waals surface area contributed by atoms with E-state index in [0.717, 1.165) is 6.42 Å². The number of amidine groups is 1. The highest BCUT2D eigenvalue weighted by atomic mass is 16.4. The molecule has 0 atom stereocenters. The average molecular weight is 202 g/mol. The first-order valence-corrected chi connectivity index (χ1v) is 4.64. The number of nitrogens with two attached hydrogens (primary N) is 1. The lowest BCUT2D eigenvalue weighted by Crippen LogP contribution is -2.35. The maximum atomic E-state index is 11.0. The number of oxime groups is 1. The lowest BCUT2D eigenvalue weighted by Gasteiger charge is -2.04. The first-order valence-electron chi connectivity index (χ1n) is 4.64. The molecule has 5 N–H and O–H groups in total. The summed E-state index contributed by atoms with van der Waals surface area (Å²) in [5.74, 6) is 0.123. The summed E-state index contributed by atoms with van der Waals surface area (Å²) in [6.07, 6.45) is 1.35. The van der Waals surface area contributed by atoms with Crippen LogP contribution in [0.1, 0.15) is 19.8 Å². The molecule has 0 aliphatic carbocycles. The van der Waals surface area contributed by atoms with E-state index in [2.05, 4.69) is 15.8 Å². The number of carbonyl (C=O) groups is 1. The van der Waals surface area contributed by atoms with Gasteiger partial charge in [0.15, 0.2) is 0 Å². The van der Waals surface area contributed by atoms with Crippen LogP contribution in [0.5, 0.6) is 0 Å². The van der Waals surface area contributed by atoms with Gasteiger partial charge in [-0.05, 0) is 6.42 Å². The molecule has 0 radical (unpaired) electrons. The summed E-state index contributed by atoms with van der Waals surface area (Å²) >= 11 is 0. The van der Waals surface area contributed by atoms with Crippen molar-refractivity contribution in [3.63, 3.8) is 0 Å². The number of amides is 1. The fourth-order valence-electron chi connectivity index (χ4n) is 0.795. The van der Waals surface area contributed by atoms with Gasteiger partial charge in [-0.3, -0.25) is 4.79 Å². The number of nitrogens with zero attached hydrogens (tertiary/aromatic N) is 1. The predicted octanol–water partition coefficient (Wildman–Crippen LogP) is -0.761. The Labute approximate surface area is 83.5 Å². The summed E-state index contributed by atoms with van der Waals surface area (Å²) < 4.78 is 0. The first-order chi connectivity index (χ1) is 6.70. The minimum Gasteiger partial charge on any atom is -0.409 e. The molecule has 0 aromatic heterocycles. The van der Waals surface area contributed by atoms with Gasteiger partial charge in [-0.2, -0.15) is 0 Å². The fraction of sp³-hybridized carbons (Fsp3) is 0.750. The highest BCUT2D eigenvalue weighted by Crippen LogP contribution is 1.76. The quantitative estimate of drug-likeness (QED) is 0.143. The van der Waals surface area contributed by atoms with Crippen LogP contribution in [-0.4, -0.2) is 36.6 Å². The average Bonchev–Trinajstić information content (AvgIpc) is 2.21. The second-order valence-electron chi connectivity index (χ2n) is 2.87. The van der Waals surface area contributed by atoms with E-state index in [4.69, 9.17) is 10.9 Å². The van der Waals surface area contributed by atoms with Crippen molar-refractivity contribution in [1.82, 2.24) is 10.6 Å². The van der Waals surface area contributed by atoms with Crippen molar-refractivity contribution in [3.05, 3.63) is 0 Å². The van der Waals surface area contributed by atoms with Crippen LogP contribution in [0, 0.1) is 0 Å². The molecule has 0 aromatic rings. The monoisotopic (exact) mass is 202 g/mol. The van der Waals surface area contributed by atoms with Gasteiger partial charge in [0.25, 0.3) is 0 Å². The molecule has 0 spiro atoms. The Morgan fingerprint density at radius 1 is 1.50 bits per heavy atom. The van der Waals surface area contributed by atoms with Gasteiger partial charge in [-0.15, -0.1) is 0 Å². The second kappa shape index (κ2) is 8.31. The van der Waals surface area contributed by atoms with Gasteiger partial charge in [0.05, 0.1) is 6.54 Å². The molecule has 0 aliphatic rings. The van der Waals surface area contributed by atoms with E-state index in [9.17, 15) is 4.79 Å². The van der Waals surface area contributed by atoms with Crippen LogP contribution in [0.15, 0.2) is 5.16 Å². The molecule has 0 aromatic carbocycles. The number of carbonyl (C=O) groups excluding carboxylic acids is 1. The predicted molar refractivity (Wildman–Crippen MR) is 54.2 cm³/mol. The van der Waals surface area contributed by atoms with Gasteiger partial charge in [-0.25, -0.2) is 0 Å². The van der Waals surface area contributed by atoms with Crippen LogP contribution >= 0.6 is 0 Å². The third kappa shape index (κ3) is 7.35. The molecule has 1 amide bonds. The Morgan fingerprint density at radius 2 is 2.21 bits per heavy atom. The van der Waals surface area contributed by atoms with Crippen LogP contribution in [0.4, 0.5) is 0 Å². The van der Waals surface area contributed by atoms with Crippen LogP contribution in [0.2, 0.25) is 0 Å². The van der Waals surface area contributed by atoms with Gasteiger partial charge in [0.1, 0.15) is 5.84 Å². The Kier molecular flexibility index (Phi) is 7.53. The van der Waals surface area contributed by atoms with E-state index in [0.29, 0.717) is 19.5 Å². The Balaban J connectivity index is 3.31. The standard InChI is InChI=1S/C8H18N4O2/c1-2-4-11-8(13)6-10-5-3-7(9)12-14/h10,14H,2-6H2,1H3,(H2,9,12)(H,11,13). The topological polar surface area (TPSA) is 99.7 Å².